The van der Waals surface area contributed by atoms with Gasteiger partial charge in [-0.3, -0.25) is 9.78 Å². The highest BCUT2D eigenvalue weighted by atomic mass is 16.5. The molecule has 0 saturated heterocycles. The van der Waals surface area contributed by atoms with Crippen molar-refractivity contribution in [1.29, 1.82) is 0 Å². The van der Waals surface area contributed by atoms with Crippen LogP contribution in [0.3, 0.4) is 0 Å². The van der Waals surface area contributed by atoms with E-state index >= 15 is 0 Å². The number of para-hydroxylation sites is 1. The summed E-state index contributed by atoms with van der Waals surface area (Å²) in [6.07, 6.45) is 7.45. The molecule has 1 saturated carbocycles. The number of hydrogen-bond donors (Lipinski definition) is 0. The number of pyridine rings is 1. The second-order valence-electron chi connectivity index (χ2n) is 7.98. The molecular weight excluding hydrogens is 338 g/mol. The molecule has 1 aromatic heterocycles. The van der Waals surface area contributed by atoms with E-state index in [1.165, 1.54) is 0 Å². The van der Waals surface area contributed by atoms with Crippen LogP contribution in [0, 0.1) is 0 Å². The highest BCUT2D eigenvalue weighted by Gasteiger charge is 2.42. The topological polar surface area (TPSA) is 45.7 Å². The van der Waals surface area contributed by atoms with Crippen LogP contribution in [0.15, 0.2) is 48.8 Å². The van der Waals surface area contributed by atoms with Crippen molar-refractivity contribution in [3.8, 4) is 5.75 Å². The van der Waals surface area contributed by atoms with Crippen molar-refractivity contribution in [3.05, 3.63) is 59.9 Å². The average Bonchev–Trinajstić information content (AvgIpc) is 2.85. The number of carbonyl (C=O) groups is 1. The van der Waals surface area contributed by atoms with Gasteiger partial charge in [0.2, 0.25) is 0 Å². The van der Waals surface area contributed by atoms with Gasteiger partial charge in [0.05, 0.1) is 6.54 Å². The van der Waals surface area contributed by atoms with Crippen LogP contribution in [0.25, 0.3) is 0 Å². The number of ether oxygens (including phenoxy) is 1. The Bertz CT molecular complexity index is 798. The summed E-state index contributed by atoms with van der Waals surface area (Å²) in [5.74, 6) is 0.970. The lowest BCUT2D eigenvalue weighted by molar-refractivity contribution is -0.00928. The number of aromatic nitrogens is 1. The molecule has 0 N–H and O–H groups in total. The van der Waals surface area contributed by atoms with Crippen LogP contribution in [0.1, 0.15) is 41.6 Å². The Morgan fingerprint density at radius 1 is 1.15 bits per heavy atom. The van der Waals surface area contributed by atoms with Crippen LogP contribution in [0.5, 0.6) is 5.75 Å². The lowest BCUT2D eigenvalue weighted by Crippen LogP contribution is -2.51. The van der Waals surface area contributed by atoms with Gasteiger partial charge in [0.25, 0.3) is 5.91 Å². The third kappa shape index (κ3) is 3.69. The van der Waals surface area contributed by atoms with Crippen molar-refractivity contribution < 1.29 is 9.53 Å². The molecule has 0 radical (unpaired) electrons. The minimum atomic E-state index is -0.304. The van der Waals surface area contributed by atoms with Crippen LogP contribution < -0.4 is 4.74 Å². The standard InChI is InChI=1S/C22H27N3O2/c1-24(2)19-7-11-22(12-8-19)16-25(21(26)17-9-13-23-14-10-17)15-18-5-3-4-6-20(18)27-22/h3-6,9-10,13-14,19H,7-8,11-12,15-16H2,1-2H3. The molecule has 2 aliphatic rings. The SMILES string of the molecule is CN(C)C1CCC2(CC1)CN(C(=O)c1ccncc1)Cc1ccccc1O2. The van der Waals surface area contributed by atoms with Gasteiger partial charge in [0.15, 0.2) is 0 Å². The third-order valence-electron chi connectivity index (χ3n) is 5.95. The summed E-state index contributed by atoms with van der Waals surface area (Å²) in [5.41, 5.74) is 1.45. The van der Waals surface area contributed by atoms with Gasteiger partial charge in [0, 0.05) is 36.1 Å². The molecule has 1 aliphatic heterocycles. The Hall–Kier alpha value is -2.40. The molecule has 1 amide bonds. The fourth-order valence-electron chi connectivity index (χ4n) is 4.33. The molecule has 1 aromatic carbocycles. The number of carbonyl (C=O) groups excluding carboxylic acids is 1. The highest BCUT2D eigenvalue weighted by molar-refractivity contribution is 5.94. The number of benzene rings is 1. The van der Waals surface area contributed by atoms with E-state index in [1.807, 2.05) is 23.1 Å². The number of nitrogens with zero attached hydrogens (tertiary/aromatic N) is 3. The third-order valence-corrected chi connectivity index (χ3v) is 5.95. The number of hydrogen-bond acceptors (Lipinski definition) is 4. The van der Waals surface area contributed by atoms with E-state index in [9.17, 15) is 4.79 Å². The molecule has 4 rings (SSSR count). The van der Waals surface area contributed by atoms with Crippen LogP contribution >= 0.6 is 0 Å². The number of fused-ring (bicyclic) bond motifs is 1. The summed E-state index contributed by atoms with van der Waals surface area (Å²) in [5, 5.41) is 0. The summed E-state index contributed by atoms with van der Waals surface area (Å²) in [4.78, 5) is 21.5. The van der Waals surface area contributed by atoms with Gasteiger partial charge < -0.3 is 14.5 Å². The number of rotatable bonds is 2. The summed E-state index contributed by atoms with van der Waals surface area (Å²) >= 11 is 0. The van der Waals surface area contributed by atoms with Gasteiger partial charge in [0.1, 0.15) is 11.4 Å². The van der Waals surface area contributed by atoms with E-state index in [0.717, 1.165) is 37.0 Å². The molecule has 2 aromatic rings. The van der Waals surface area contributed by atoms with Crippen LogP contribution in [-0.2, 0) is 6.54 Å². The van der Waals surface area contributed by atoms with Crippen LogP contribution in [0.2, 0.25) is 0 Å². The monoisotopic (exact) mass is 365 g/mol. The Morgan fingerprint density at radius 2 is 1.85 bits per heavy atom. The molecular formula is C22H27N3O2. The van der Waals surface area contributed by atoms with Gasteiger partial charge in [-0.15, -0.1) is 0 Å². The predicted molar refractivity (Wildman–Crippen MR) is 105 cm³/mol. The van der Waals surface area contributed by atoms with E-state index < -0.39 is 0 Å². The van der Waals surface area contributed by atoms with Crippen molar-refractivity contribution in [2.75, 3.05) is 20.6 Å². The second kappa shape index (κ2) is 7.31. The van der Waals surface area contributed by atoms with Crippen molar-refractivity contribution in [2.24, 2.45) is 0 Å². The van der Waals surface area contributed by atoms with Crippen molar-refractivity contribution in [3.63, 3.8) is 0 Å². The zero-order valence-electron chi connectivity index (χ0n) is 16.1. The second-order valence-corrected chi connectivity index (χ2v) is 7.98. The summed E-state index contributed by atoms with van der Waals surface area (Å²) in [7, 11) is 4.29. The summed E-state index contributed by atoms with van der Waals surface area (Å²) in [6.45, 7) is 1.21. The lowest BCUT2D eigenvalue weighted by Gasteiger charge is -2.43. The fraction of sp³-hybridized carbons (Fsp3) is 0.455. The Labute approximate surface area is 161 Å². The first kappa shape index (κ1) is 18.0. The van der Waals surface area contributed by atoms with Crippen molar-refractivity contribution in [1.82, 2.24) is 14.8 Å². The average molecular weight is 365 g/mol. The molecule has 0 atom stereocenters. The molecule has 1 fully saturated rings. The predicted octanol–water partition coefficient (Wildman–Crippen LogP) is 3.36. The number of amides is 1. The Balaban J connectivity index is 1.64. The molecule has 1 spiro atoms. The fourth-order valence-corrected chi connectivity index (χ4v) is 4.33. The molecule has 1 aliphatic carbocycles. The molecule has 142 valence electrons. The Morgan fingerprint density at radius 3 is 2.56 bits per heavy atom. The smallest absolute Gasteiger partial charge is 0.254 e. The van der Waals surface area contributed by atoms with Gasteiger partial charge in [-0.1, -0.05) is 18.2 Å². The quantitative estimate of drug-likeness (QED) is 0.819. The maximum Gasteiger partial charge on any atom is 0.254 e. The molecule has 27 heavy (non-hydrogen) atoms. The maximum atomic E-state index is 13.2. The maximum absolute atomic E-state index is 13.2. The van der Waals surface area contributed by atoms with Crippen LogP contribution in [0.4, 0.5) is 0 Å². The van der Waals surface area contributed by atoms with Gasteiger partial charge in [-0.05, 0) is 58.0 Å². The zero-order chi connectivity index (χ0) is 18.9. The van der Waals surface area contributed by atoms with Gasteiger partial charge in [-0.25, -0.2) is 0 Å². The molecule has 0 unspecified atom stereocenters. The first-order valence-electron chi connectivity index (χ1n) is 9.69. The van der Waals surface area contributed by atoms with Crippen LogP contribution in [-0.4, -0.2) is 53.0 Å². The minimum Gasteiger partial charge on any atom is -0.485 e. The zero-order valence-corrected chi connectivity index (χ0v) is 16.1. The highest BCUT2D eigenvalue weighted by Crippen LogP contribution is 2.39. The Kier molecular flexibility index (Phi) is 4.87. The largest absolute Gasteiger partial charge is 0.485 e. The summed E-state index contributed by atoms with van der Waals surface area (Å²) in [6, 6.07) is 12.3. The van der Waals surface area contributed by atoms with E-state index in [0.29, 0.717) is 24.7 Å². The van der Waals surface area contributed by atoms with E-state index in [4.69, 9.17) is 4.74 Å². The van der Waals surface area contributed by atoms with E-state index in [1.54, 1.807) is 24.5 Å². The van der Waals surface area contributed by atoms with E-state index in [2.05, 4.69) is 30.0 Å². The summed E-state index contributed by atoms with van der Waals surface area (Å²) < 4.78 is 6.60. The molecule has 5 heteroatoms. The molecule has 0 bridgehead atoms. The minimum absolute atomic E-state index is 0.0480. The first-order valence-corrected chi connectivity index (χ1v) is 9.69. The van der Waals surface area contributed by atoms with Crippen molar-refractivity contribution >= 4 is 5.91 Å². The van der Waals surface area contributed by atoms with E-state index in [-0.39, 0.29) is 11.5 Å². The van der Waals surface area contributed by atoms with Gasteiger partial charge >= 0.3 is 0 Å². The van der Waals surface area contributed by atoms with Crippen molar-refractivity contribution in [2.45, 2.75) is 43.9 Å². The molecule has 5 nitrogen and oxygen atoms in total. The molecule has 2 heterocycles. The first-order chi connectivity index (χ1) is 13.1. The van der Waals surface area contributed by atoms with Gasteiger partial charge in [-0.2, -0.15) is 0 Å². The lowest BCUT2D eigenvalue weighted by atomic mass is 9.81. The normalized spacial score (nSPS) is 25.0.